The molecule has 7 heteroatoms. The molecular formula is C15H25N3O4. The summed E-state index contributed by atoms with van der Waals surface area (Å²) in [7, 11) is 3.28. The Balaban J connectivity index is 1.92. The van der Waals surface area contributed by atoms with Crippen LogP contribution in [-0.2, 0) is 20.8 Å². The van der Waals surface area contributed by atoms with Crippen LogP contribution >= 0.6 is 0 Å². The molecular weight excluding hydrogens is 286 g/mol. The van der Waals surface area contributed by atoms with Crippen molar-refractivity contribution < 1.29 is 19.0 Å². The van der Waals surface area contributed by atoms with Gasteiger partial charge in [0.2, 0.25) is 0 Å². The minimum atomic E-state index is -0.267. The Kier molecular flexibility index (Phi) is 6.67. The number of imidazole rings is 1. The minimum absolute atomic E-state index is 0.246. The smallest absolute Gasteiger partial charge is 0.409 e. The number of piperidine rings is 1. The highest BCUT2D eigenvalue weighted by Crippen LogP contribution is 2.26. The summed E-state index contributed by atoms with van der Waals surface area (Å²) < 4.78 is 17.3. The molecule has 0 aromatic carbocycles. The van der Waals surface area contributed by atoms with Crippen molar-refractivity contribution in [3.05, 3.63) is 18.2 Å². The first-order valence-corrected chi connectivity index (χ1v) is 7.67. The van der Waals surface area contributed by atoms with Crippen LogP contribution in [0.25, 0.3) is 0 Å². The zero-order chi connectivity index (χ0) is 15.8. The van der Waals surface area contributed by atoms with Gasteiger partial charge in [-0.15, -0.1) is 0 Å². The van der Waals surface area contributed by atoms with Crippen LogP contribution in [0.2, 0.25) is 0 Å². The predicted molar refractivity (Wildman–Crippen MR) is 80.9 cm³/mol. The van der Waals surface area contributed by atoms with Crippen molar-refractivity contribution in [1.29, 1.82) is 0 Å². The van der Waals surface area contributed by atoms with Crippen molar-refractivity contribution in [3.63, 3.8) is 0 Å². The molecule has 0 spiro atoms. The summed E-state index contributed by atoms with van der Waals surface area (Å²) in [5.74, 6) is 1.27. The number of amides is 1. The first-order chi connectivity index (χ1) is 10.8. The van der Waals surface area contributed by atoms with E-state index in [4.69, 9.17) is 14.2 Å². The zero-order valence-corrected chi connectivity index (χ0v) is 13.4. The van der Waals surface area contributed by atoms with E-state index in [1.54, 1.807) is 25.3 Å². The summed E-state index contributed by atoms with van der Waals surface area (Å²) in [5.41, 5.74) is 0. The zero-order valence-electron chi connectivity index (χ0n) is 13.4. The molecule has 0 saturated carbocycles. The third-order valence-corrected chi connectivity index (χ3v) is 3.84. The maximum absolute atomic E-state index is 12.0. The van der Waals surface area contributed by atoms with Gasteiger partial charge in [-0.25, -0.2) is 9.78 Å². The van der Waals surface area contributed by atoms with Crippen LogP contribution in [0.3, 0.4) is 0 Å². The van der Waals surface area contributed by atoms with E-state index in [-0.39, 0.29) is 12.0 Å². The fourth-order valence-electron chi connectivity index (χ4n) is 2.72. The molecule has 1 saturated heterocycles. The van der Waals surface area contributed by atoms with E-state index in [9.17, 15) is 4.79 Å². The number of hydrogen-bond donors (Lipinski definition) is 0. The first-order valence-electron chi connectivity index (χ1n) is 7.67. The molecule has 0 radical (unpaired) electrons. The predicted octanol–water partition coefficient (Wildman–Crippen LogP) is 1.49. The van der Waals surface area contributed by atoms with Crippen LogP contribution in [0.15, 0.2) is 12.4 Å². The Labute approximate surface area is 131 Å². The average molecular weight is 311 g/mol. The third kappa shape index (κ3) is 4.45. The van der Waals surface area contributed by atoms with Gasteiger partial charge in [0.05, 0.1) is 13.2 Å². The van der Waals surface area contributed by atoms with Gasteiger partial charge in [0, 0.05) is 52.2 Å². The lowest BCUT2D eigenvalue weighted by Crippen LogP contribution is -2.40. The number of methoxy groups -OCH3 is 2. The van der Waals surface area contributed by atoms with Gasteiger partial charge >= 0.3 is 6.09 Å². The molecule has 1 amide bonds. The maximum atomic E-state index is 12.0. The number of ether oxygens (including phenoxy) is 3. The highest BCUT2D eigenvalue weighted by molar-refractivity contribution is 5.67. The molecule has 124 valence electrons. The Bertz CT molecular complexity index is 463. The van der Waals surface area contributed by atoms with E-state index in [0.29, 0.717) is 26.4 Å². The Morgan fingerprint density at radius 3 is 2.91 bits per heavy atom. The highest BCUT2D eigenvalue weighted by atomic mass is 16.6. The summed E-state index contributed by atoms with van der Waals surface area (Å²) >= 11 is 0. The largest absolute Gasteiger partial charge is 0.447 e. The van der Waals surface area contributed by atoms with Gasteiger partial charge in [0.1, 0.15) is 12.4 Å². The topological polar surface area (TPSA) is 65.8 Å². The summed E-state index contributed by atoms with van der Waals surface area (Å²) in [5, 5.41) is 0. The lowest BCUT2D eigenvalue weighted by Gasteiger charge is -2.32. The monoisotopic (exact) mass is 311 g/mol. The van der Waals surface area contributed by atoms with Gasteiger partial charge in [-0.1, -0.05) is 0 Å². The molecule has 1 aromatic rings. The van der Waals surface area contributed by atoms with E-state index in [2.05, 4.69) is 9.55 Å². The van der Waals surface area contributed by atoms with Crippen LogP contribution in [0.1, 0.15) is 24.6 Å². The molecule has 7 nitrogen and oxygen atoms in total. The average Bonchev–Trinajstić information content (AvgIpc) is 3.01. The quantitative estimate of drug-likeness (QED) is 0.714. The Hall–Kier alpha value is -1.60. The van der Waals surface area contributed by atoms with E-state index in [1.807, 2.05) is 6.20 Å². The SMILES string of the molecule is COCCOC(=O)N1CCC[C@@H](c2nccn2CCOC)C1. The summed E-state index contributed by atoms with van der Waals surface area (Å²) in [6, 6.07) is 0. The summed E-state index contributed by atoms with van der Waals surface area (Å²) in [6.45, 7) is 3.53. The van der Waals surface area contributed by atoms with Gasteiger partial charge in [0.25, 0.3) is 0 Å². The molecule has 1 aliphatic heterocycles. The minimum Gasteiger partial charge on any atom is -0.447 e. The second-order valence-corrected chi connectivity index (χ2v) is 5.36. The van der Waals surface area contributed by atoms with Crippen LogP contribution in [-0.4, -0.2) is 67.7 Å². The molecule has 0 unspecified atom stereocenters. The van der Waals surface area contributed by atoms with Crippen molar-refractivity contribution in [1.82, 2.24) is 14.5 Å². The lowest BCUT2D eigenvalue weighted by molar-refractivity contribution is 0.0645. The van der Waals surface area contributed by atoms with Gasteiger partial charge in [-0.05, 0) is 12.8 Å². The summed E-state index contributed by atoms with van der Waals surface area (Å²) in [6.07, 6.45) is 5.50. The molecule has 0 aliphatic carbocycles. The fraction of sp³-hybridized carbons (Fsp3) is 0.733. The molecule has 0 N–H and O–H groups in total. The third-order valence-electron chi connectivity index (χ3n) is 3.84. The first kappa shape index (κ1) is 16.8. The lowest BCUT2D eigenvalue weighted by atomic mass is 9.97. The number of carbonyl (C=O) groups excluding carboxylic acids is 1. The molecule has 1 aromatic heterocycles. The van der Waals surface area contributed by atoms with Gasteiger partial charge in [0.15, 0.2) is 0 Å². The maximum Gasteiger partial charge on any atom is 0.409 e. The van der Waals surface area contributed by atoms with E-state index >= 15 is 0 Å². The molecule has 2 rings (SSSR count). The molecule has 22 heavy (non-hydrogen) atoms. The normalized spacial score (nSPS) is 18.5. The van der Waals surface area contributed by atoms with Crippen LogP contribution in [0.5, 0.6) is 0 Å². The van der Waals surface area contributed by atoms with E-state index in [1.165, 1.54) is 0 Å². The number of aromatic nitrogens is 2. The highest BCUT2D eigenvalue weighted by Gasteiger charge is 2.28. The van der Waals surface area contributed by atoms with E-state index in [0.717, 1.165) is 31.8 Å². The molecule has 2 heterocycles. The van der Waals surface area contributed by atoms with Crippen molar-refractivity contribution in [3.8, 4) is 0 Å². The molecule has 1 fully saturated rings. The molecule has 0 bridgehead atoms. The number of rotatable bonds is 7. The van der Waals surface area contributed by atoms with Crippen molar-refractivity contribution in [2.45, 2.75) is 25.3 Å². The van der Waals surface area contributed by atoms with Crippen molar-refractivity contribution in [2.24, 2.45) is 0 Å². The van der Waals surface area contributed by atoms with Crippen LogP contribution in [0, 0.1) is 0 Å². The van der Waals surface area contributed by atoms with Crippen LogP contribution < -0.4 is 0 Å². The second-order valence-electron chi connectivity index (χ2n) is 5.36. The van der Waals surface area contributed by atoms with Gasteiger partial charge < -0.3 is 23.7 Å². The van der Waals surface area contributed by atoms with Crippen molar-refractivity contribution in [2.75, 3.05) is 47.1 Å². The number of hydrogen-bond acceptors (Lipinski definition) is 5. The summed E-state index contributed by atoms with van der Waals surface area (Å²) in [4.78, 5) is 18.3. The molecule has 1 aliphatic rings. The number of carbonyl (C=O) groups is 1. The number of nitrogens with zero attached hydrogens (tertiary/aromatic N) is 3. The van der Waals surface area contributed by atoms with E-state index < -0.39 is 0 Å². The second kappa shape index (κ2) is 8.75. The number of likely N-dealkylation sites (tertiary alicyclic amines) is 1. The molecule has 1 atom stereocenters. The van der Waals surface area contributed by atoms with Crippen LogP contribution in [0.4, 0.5) is 4.79 Å². The fourth-order valence-corrected chi connectivity index (χ4v) is 2.72. The van der Waals surface area contributed by atoms with Gasteiger partial charge in [-0.2, -0.15) is 0 Å². The Morgan fingerprint density at radius 2 is 2.14 bits per heavy atom. The van der Waals surface area contributed by atoms with Crippen molar-refractivity contribution >= 4 is 6.09 Å². The Morgan fingerprint density at radius 1 is 1.32 bits per heavy atom. The van der Waals surface area contributed by atoms with Gasteiger partial charge in [-0.3, -0.25) is 0 Å². The standard InChI is InChI=1S/C15H25N3O4/c1-20-9-8-17-7-5-16-14(17)13-4-3-6-18(12-13)15(19)22-11-10-21-2/h5,7,13H,3-4,6,8-12H2,1-2H3/t13-/m1/s1.